The molecule has 160 valence electrons. The number of unbranched alkanes of at least 4 members (excludes halogenated alkanes) is 1. The van der Waals surface area contributed by atoms with E-state index in [1.807, 2.05) is 30.3 Å². The predicted octanol–water partition coefficient (Wildman–Crippen LogP) is 9.46. The second-order valence-corrected chi connectivity index (χ2v) is 12.1. The lowest BCUT2D eigenvalue weighted by Crippen LogP contribution is -2.12. The SMILES string of the molecule is CCCCC(CC)C(=O)c1ccc(/C(C#N)=C\c2ccc(-c3cc(Br)sc3Br)cc2)s1. The molecule has 3 aromatic rings. The van der Waals surface area contributed by atoms with E-state index in [0.29, 0.717) is 5.57 Å². The molecular weight excluding hydrogens is 554 g/mol. The molecule has 0 fully saturated rings. The van der Waals surface area contributed by atoms with Crippen molar-refractivity contribution in [3.8, 4) is 17.2 Å². The van der Waals surface area contributed by atoms with Crippen LogP contribution in [0, 0.1) is 17.2 Å². The summed E-state index contributed by atoms with van der Waals surface area (Å²) in [5.41, 5.74) is 3.80. The fourth-order valence-corrected chi connectivity index (χ4v) is 7.27. The van der Waals surface area contributed by atoms with E-state index in [-0.39, 0.29) is 11.7 Å². The van der Waals surface area contributed by atoms with E-state index in [2.05, 4.69) is 70.0 Å². The Labute approximate surface area is 208 Å². The molecule has 1 atom stereocenters. The average molecular weight is 577 g/mol. The molecule has 0 spiro atoms. The normalized spacial score (nSPS) is 12.5. The lowest BCUT2D eigenvalue weighted by molar-refractivity contribution is 0.0912. The Bertz CT molecular complexity index is 1120. The van der Waals surface area contributed by atoms with Crippen LogP contribution >= 0.6 is 54.5 Å². The first-order valence-electron chi connectivity index (χ1n) is 10.3. The molecule has 0 saturated heterocycles. The number of allylic oxidation sites excluding steroid dienone is 1. The first-order chi connectivity index (χ1) is 15.0. The standard InChI is InChI=1S/C25H23Br2NOS2/c1-3-5-6-17(4-2)24(29)22-12-11-21(30-22)19(15-28)13-16-7-9-18(10-8-16)20-14-23(26)31-25(20)27/h7-14,17H,3-6H2,1-2H3/b19-13-. The summed E-state index contributed by atoms with van der Waals surface area (Å²) >= 11 is 10.2. The van der Waals surface area contributed by atoms with Crippen molar-refractivity contribution in [2.24, 2.45) is 5.92 Å². The number of carbonyl (C=O) groups is 1. The van der Waals surface area contributed by atoms with Gasteiger partial charge in [-0.3, -0.25) is 4.79 Å². The lowest BCUT2D eigenvalue weighted by Gasteiger charge is -2.11. The van der Waals surface area contributed by atoms with Gasteiger partial charge < -0.3 is 0 Å². The van der Waals surface area contributed by atoms with Gasteiger partial charge in [-0.1, -0.05) is 51.0 Å². The minimum Gasteiger partial charge on any atom is -0.293 e. The molecule has 0 saturated carbocycles. The number of Topliss-reactive ketones (excluding diaryl/α,β-unsaturated/α-hetero) is 1. The van der Waals surface area contributed by atoms with Gasteiger partial charge >= 0.3 is 0 Å². The van der Waals surface area contributed by atoms with Crippen LogP contribution in [0.5, 0.6) is 0 Å². The third-order valence-corrected chi connectivity index (χ3v) is 8.67. The van der Waals surface area contributed by atoms with Crippen molar-refractivity contribution in [1.82, 2.24) is 0 Å². The molecule has 0 aliphatic carbocycles. The molecule has 0 radical (unpaired) electrons. The smallest absolute Gasteiger partial charge is 0.175 e. The molecule has 1 unspecified atom stereocenters. The molecule has 2 nitrogen and oxygen atoms in total. The quantitative estimate of drug-likeness (QED) is 0.188. The van der Waals surface area contributed by atoms with Gasteiger partial charge in [-0.05, 0) is 80.1 Å². The second kappa shape index (κ2) is 11.4. The Balaban J connectivity index is 1.80. The largest absolute Gasteiger partial charge is 0.293 e. The number of carbonyl (C=O) groups excluding carboxylic acids is 1. The highest BCUT2D eigenvalue weighted by Gasteiger charge is 2.20. The molecular formula is C25H23Br2NOS2. The van der Waals surface area contributed by atoms with Gasteiger partial charge in [0.05, 0.1) is 18.0 Å². The zero-order valence-corrected chi connectivity index (χ0v) is 22.3. The highest BCUT2D eigenvalue weighted by atomic mass is 79.9. The molecule has 0 aliphatic rings. The number of hydrogen-bond donors (Lipinski definition) is 0. The summed E-state index contributed by atoms with van der Waals surface area (Å²) in [4.78, 5) is 14.5. The van der Waals surface area contributed by atoms with Gasteiger partial charge in [0.1, 0.15) is 6.07 Å². The third kappa shape index (κ3) is 6.04. The Morgan fingerprint density at radius 1 is 1.10 bits per heavy atom. The zero-order chi connectivity index (χ0) is 22.4. The van der Waals surface area contributed by atoms with E-state index in [1.165, 1.54) is 11.3 Å². The Hall–Kier alpha value is -1.52. The Kier molecular flexibility index (Phi) is 8.85. The minimum atomic E-state index is 0.0741. The number of nitrogens with zero attached hydrogens (tertiary/aromatic N) is 1. The number of ketones is 1. The Morgan fingerprint density at radius 3 is 2.39 bits per heavy atom. The van der Waals surface area contributed by atoms with Crippen LogP contribution < -0.4 is 0 Å². The van der Waals surface area contributed by atoms with Crippen molar-refractivity contribution in [3.05, 3.63) is 65.4 Å². The molecule has 31 heavy (non-hydrogen) atoms. The van der Waals surface area contributed by atoms with E-state index in [1.54, 1.807) is 11.3 Å². The van der Waals surface area contributed by atoms with Gasteiger partial charge in [-0.25, -0.2) is 0 Å². The average Bonchev–Trinajstić information content (AvgIpc) is 3.39. The van der Waals surface area contributed by atoms with E-state index in [0.717, 1.165) is 59.7 Å². The van der Waals surface area contributed by atoms with Gasteiger partial charge in [0.2, 0.25) is 0 Å². The van der Waals surface area contributed by atoms with Gasteiger partial charge in [-0.2, -0.15) is 5.26 Å². The first-order valence-corrected chi connectivity index (χ1v) is 13.5. The molecule has 2 aromatic heterocycles. The summed E-state index contributed by atoms with van der Waals surface area (Å²) in [7, 11) is 0. The summed E-state index contributed by atoms with van der Waals surface area (Å²) in [5.74, 6) is 0.284. The highest BCUT2D eigenvalue weighted by Crippen LogP contribution is 2.38. The van der Waals surface area contributed by atoms with Crippen molar-refractivity contribution in [2.75, 3.05) is 0 Å². The van der Waals surface area contributed by atoms with E-state index >= 15 is 0 Å². The summed E-state index contributed by atoms with van der Waals surface area (Å²) in [6, 6.07) is 16.3. The van der Waals surface area contributed by atoms with Crippen LogP contribution in [0.2, 0.25) is 0 Å². The van der Waals surface area contributed by atoms with Crippen LogP contribution in [-0.2, 0) is 0 Å². The van der Waals surface area contributed by atoms with Gasteiger partial charge in [0, 0.05) is 16.4 Å². The van der Waals surface area contributed by atoms with Crippen molar-refractivity contribution in [2.45, 2.75) is 39.5 Å². The fourth-order valence-electron chi connectivity index (χ4n) is 3.41. The molecule has 0 aliphatic heterocycles. The van der Waals surface area contributed by atoms with Crippen LogP contribution in [0.4, 0.5) is 0 Å². The number of rotatable bonds is 9. The lowest BCUT2D eigenvalue weighted by atomic mass is 9.94. The maximum absolute atomic E-state index is 12.9. The maximum Gasteiger partial charge on any atom is 0.175 e. The van der Waals surface area contributed by atoms with Crippen LogP contribution in [0.15, 0.2) is 50.0 Å². The second-order valence-electron chi connectivity index (χ2n) is 7.31. The molecule has 0 N–H and O–H groups in total. The maximum atomic E-state index is 12.9. The fraction of sp³-hybridized carbons (Fsp3) is 0.280. The monoisotopic (exact) mass is 575 g/mol. The summed E-state index contributed by atoms with van der Waals surface area (Å²) in [5, 5.41) is 9.73. The number of nitriles is 1. The number of benzene rings is 1. The molecule has 3 rings (SSSR count). The third-order valence-electron chi connectivity index (χ3n) is 5.19. The summed E-state index contributed by atoms with van der Waals surface area (Å²) < 4.78 is 2.16. The van der Waals surface area contributed by atoms with Crippen molar-refractivity contribution in [1.29, 1.82) is 5.26 Å². The van der Waals surface area contributed by atoms with Crippen molar-refractivity contribution < 1.29 is 4.79 Å². The zero-order valence-electron chi connectivity index (χ0n) is 17.5. The molecule has 0 amide bonds. The van der Waals surface area contributed by atoms with Crippen molar-refractivity contribution >= 4 is 72.0 Å². The number of thiophene rings is 2. The van der Waals surface area contributed by atoms with Gasteiger partial charge in [0.25, 0.3) is 0 Å². The first kappa shape index (κ1) is 24.1. The molecule has 0 bridgehead atoms. The molecule has 2 heterocycles. The highest BCUT2D eigenvalue weighted by molar-refractivity contribution is 9.12. The summed E-state index contributed by atoms with van der Waals surface area (Å²) in [6.07, 6.45) is 5.84. The van der Waals surface area contributed by atoms with E-state index < -0.39 is 0 Å². The van der Waals surface area contributed by atoms with E-state index in [4.69, 9.17) is 0 Å². The number of hydrogen-bond acceptors (Lipinski definition) is 4. The molecule has 1 aromatic carbocycles. The predicted molar refractivity (Wildman–Crippen MR) is 141 cm³/mol. The topological polar surface area (TPSA) is 40.9 Å². The van der Waals surface area contributed by atoms with Crippen LogP contribution in [-0.4, -0.2) is 5.78 Å². The van der Waals surface area contributed by atoms with Crippen LogP contribution in [0.1, 0.15) is 59.6 Å². The number of halogens is 2. The summed E-state index contributed by atoms with van der Waals surface area (Å²) in [6.45, 7) is 4.22. The molecule has 6 heteroatoms. The van der Waals surface area contributed by atoms with E-state index in [9.17, 15) is 10.1 Å². The minimum absolute atomic E-state index is 0.0741. The van der Waals surface area contributed by atoms with Crippen molar-refractivity contribution in [3.63, 3.8) is 0 Å². The van der Waals surface area contributed by atoms with Gasteiger partial charge in [-0.15, -0.1) is 22.7 Å². The van der Waals surface area contributed by atoms with Crippen LogP contribution in [0.25, 0.3) is 22.8 Å². The van der Waals surface area contributed by atoms with Gasteiger partial charge in [0.15, 0.2) is 5.78 Å². The van der Waals surface area contributed by atoms with Crippen LogP contribution in [0.3, 0.4) is 0 Å². The Morgan fingerprint density at radius 2 is 1.81 bits per heavy atom.